The van der Waals surface area contributed by atoms with E-state index in [2.05, 4.69) is 16.0 Å². The van der Waals surface area contributed by atoms with E-state index in [9.17, 15) is 9.59 Å². The molecule has 1 atom stereocenters. The number of likely N-dealkylation sites (tertiary alicyclic amines) is 1. The van der Waals surface area contributed by atoms with Crippen molar-refractivity contribution in [2.24, 2.45) is 0 Å². The highest BCUT2D eigenvalue weighted by Crippen LogP contribution is 2.09. The Labute approximate surface area is 114 Å². The fourth-order valence-corrected chi connectivity index (χ4v) is 1.86. The van der Waals surface area contributed by atoms with Gasteiger partial charge in [-0.1, -0.05) is 0 Å². The first-order chi connectivity index (χ1) is 8.17. The van der Waals surface area contributed by atoms with E-state index in [1.54, 1.807) is 4.90 Å². The van der Waals surface area contributed by atoms with E-state index >= 15 is 0 Å². The van der Waals surface area contributed by atoms with Gasteiger partial charge in [-0.15, -0.1) is 12.4 Å². The molecule has 6 nitrogen and oxygen atoms in total. The molecule has 1 aliphatic rings. The molecule has 1 aliphatic heterocycles. The van der Waals surface area contributed by atoms with Crippen LogP contribution in [0.25, 0.3) is 0 Å². The summed E-state index contributed by atoms with van der Waals surface area (Å²) in [6.07, 6.45) is 1.32. The van der Waals surface area contributed by atoms with Gasteiger partial charge in [0.2, 0.25) is 5.91 Å². The van der Waals surface area contributed by atoms with Crippen molar-refractivity contribution in [3.8, 4) is 0 Å². The number of nitrogens with one attached hydrogen (secondary N) is 3. The SMILES string of the molecule is CCNC(=O)N1CCC(NC(=O)CCNC)C1.Cl. The largest absolute Gasteiger partial charge is 0.351 e. The summed E-state index contributed by atoms with van der Waals surface area (Å²) in [5.74, 6) is 0.0436. The minimum Gasteiger partial charge on any atom is -0.351 e. The minimum absolute atomic E-state index is 0. The van der Waals surface area contributed by atoms with Crippen molar-refractivity contribution in [3.05, 3.63) is 0 Å². The van der Waals surface area contributed by atoms with E-state index in [1.807, 2.05) is 14.0 Å². The molecule has 1 saturated heterocycles. The van der Waals surface area contributed by atoms with Crippen LogP contribution in [0.4, 0.5) is 4.79 Å². The predicted molar refractivity (Wildman–Crippen MR) is 73.0 cm³/mol. The van der Waals surface area contributed by atoms with Crippen LogP contribution in [0.2, 0.25) is 0 Å². The Morgan fingerprint density at radius 2 is 2.11 bits per heavy atom. The second-order valence-electron chi connectivity index (χ2n) is 4.19. The summed E-state index contributed by atoms with van der Waals surface area (Å²) in [5.41, 5.74) is 0. The van der Waals surface area contributed by atoms with Crippen LogP contribution >= 0.6 is 12.4 Å². The van der Waals surface area contributed by atoms with Crippen LogP contribution in [-0.4, -0.2) is 56.1 Å². The zero-order chi connectivity index (χ0) is 12.7. The third-order valence-corrected chi connectivity index (χ3v) is 2.77. The summed E-state index contributed by atoms with van der Waals surface area (Å²) < 4.78 is 0. The first-order valence-corrected chi connectivity index (χ1v) is 6.14. The normalized spacial score (nSPS) is 18.1. The number of rotatable bonds is 5. The van der Waals surface area contributed by atoms with Gasteiger partial charge in [0.15, 0.2) is 0 Å². The van der Waals surface area contributed by atoms with Crippen LogP contribution in [0.5, 0.6) is 0 Å². The molecule has 0 saturated carbocycles. The zero-order valence-corrected chi connectivity index (χ0v) is 11.8. The topological polar surface area (TPSA) is 73.5 Å². The summed E-state index contributed by atoms with van der Waals surface area (Å²) in [4.78, 5) is 24.8. The fraction of sp³-hybridized carbons (Fsp3) is 0.818. The zero-order valence-electron chi connectivity index (χ0n) is 11.0. The summed E-state index contributed by atoms with van der Waals surface area (Å²) in [6, 6.07) is 0.0569. The predicted octanol–water partition coefficient (Wildman–Crippen LogP) is -0.0623. The van der Waals surface area contributed by atoms with Crippen LogP contribution in [-0.2, 0) is 4.79 Å². The number of hydrogen-bond acceptors (Lipinski definition) is 3. The Hall–Kier alpha value is -1.01. The number of halogens is 1. The number of nitrogens with zero attached hydrogens (tertiary/aromatic N) is 1. The van der Waals surface area contributed by atoms with E-state index in [0.29, 0.717) is 32.6 Å². The summed E-state index contributed by atoms with van der Waals surface area (Å²) in [7, 11) is 1.82. The smallest absolute Gasteiger partial charge is 0.317 e. The molecule has 0 aromatic carbocycles. The lowest BCUT2D eigenvalue weighted by Gasteiger charge is -2.17. The van der Waals surface area contributed by atoms with Gasteiger partial charge < -0.3 is 20.9 Å². The Balaban J connectivity index is 0.00000289. The lowest BCUT2D eigenvalue weighted by Crippen LogP contribution is -2.42. The Bertz CT molecular complexity index is 276. The molecule has 0 bridgehead atoms. The van der Waals surface area contributed by atoms with Gasteiger partial charge >= 0.3 is 6.03 Å². The van der Waals surface area contributed by atoms with Crippen molar-refractivity contribution in [1.82, 2.24) is 20.9 Å². The molecule has 1 rings (SSSR count). The van der Waals surface area contributed by atoms with Gasteiger partial charge in [-0.25, -0.2) is 4.79 Å². The van der Waals surface area contributed by atoms with Crippen molar-refractivity contribution in [2.45, 2.75) is 25.8 Å². The van der Waals surface area contributed by atoms with Gasteiger partial charge in [0.25, 0.3) is 0 Å². The highest BCUT2D eigenvalue weighted by molar-refractivity contribution is 5.85. The molecular formula is C11H23ClN4O2. The van der Waals surface area contributed by atoms with Crippen molar-refractivity contribution >= 4 is 24.3 Å². The van der Waals surface area contributed by atoms with Gasteiger partial charge in [0, 0.05) is 38.6 Å². The highest BCUT2D eigenvalue weighted by atomic mass is 35.5. The highest BCUT2D eigenvalue weighted by Gasteiger charge is 2.26. The minimum atomic E-state index is -0.0422. The van der Waals surface area contributed by atoms with Crippen LogP contribution in [0.1, 0.15) is 19.8 Å². The number of amides is 3. The molecule has 0 radical (unpaired) electrons. The molecule has 0 spiro atoms. The number of carbonyl (C=O) groups excluding carboxylic acids is 2. The van der Waals surface area contributed by atoms with Gasteiger partial charge in [0.1, 0.15) is 0 Å². The molecule has 106 valence electrons. The molecule has 7 heteroatoms. The van der Waals surface area contributed by atoms with Gasteiger partial charge in [0.05, 0.1) is 0 Å². The Morgan fingerprint density at radius 1 is 1.39 bits per heavy atom. The second kappa shape index (κ2) is 8.99. The van der Waals surface area contributed by atoms with Crippen molar-refractivity contribution < 1.29 is 9.59 Å². The Kier molecular flexibility index (Phi) is 8.49. The maximum absolute atomic E-state index is 11.5. The van der Waals surface area contributed by atoms with Crippen LogP contribution in [0.3, 0.4) is 0 Å². The first-order valence-electron chi connectivity index (χ1n) is 6.14. The van der Waals surface area contributed by atoms with Gasteiger partial charge in [-0.05, 0) is 20.4 Å². The van der Waals surface area contributed by atoms with Gasteiger partial charge in [-0.2, -0.15) is 0 Å². The molecule has 0 aromatic rings. The molecule has 1 fully saturated rings. The number of hydrogen-bond donors (Lipinski definition) is 3. The molecular weight excluding hydrogens is 256 g/mol. The third kappa shape index (κ3) is 5.55. The summed E-state index contributed by atoms with van der Waals surface area (Å²) in [5, 5.41) is 8.63. The lowest BCUT2D eigenvalue weighted by molar-refractivity contribution is -0.121. The van der Waals surface area contributed by atoms with Gasteiger partial charge in [-0.3, -0.25) is 4.79 Å². The van der Waals surface area contributed by atoms with E-state index in [0.717, 1.165) is 6.42 Å². The first kappa shape index (κ1) is 17.0. The molecule has 1 heterocycles. The molecule has 0 aromatic heterocycles. The second-order valence-corrected chi connectivity index (χ2v) is 4.19. The standard InChI is InChI=1S/C11H22N4O2.ClH/c1-3-13-11(17)15-7-5-9(8-15)14-10(16)4-6-12-2;/h9,12H,3-8H2,1-2H3,(H,13,17)(H,14,16);1H. The molecule has 3 amide bonds. The molecule has 1 unspecified atom stereocenters. The fourth-order valence-electron chi connectivity index (χ4n) is 1.86. The lowest BCUT2D eigenvalue weighted by atomic mass is 10.2. The Morgan fingerprint density at radius 3 is 2.72 bits per heavy atom. The van der Waals surface area contributed by atoms with Crippen molar-refractivity contribution in [3.63, 3.8) is 0 Å². The number of urea groups is 1. The quantitative estimate of drug-likeness (QED) is 0.660. The maximum Gasteiger partial charge on any atom is 0.317 e. The van der Waals surface area contributed by atoms with E-state index in [1.165, 1.54) is 0 Å². The maximum atomic E-state index is 11.5. The average molecular weight is 279 g/mol. The number of carbonyl (C=O) groups is 2. The third-order valence-electron chi connectivity index (χ3n) is 2.77. The molecule has 18 heavy (non-hydrogen) atoms. The monoisotopic (exact) mass is 278 g/mol. The molecule has 0 aliphatic carbocycles. The van der Waals surface area contributed by atoms with Crippen LogP contribution in [0, 0.1) is 0 Å². The van der Waals surface area contributed by atoms with Crippen LogP contribution < -0.4 is 16.0 Å². The van der Waals surface area contributed by atoms with E-state index in [4.69, 9.17) is 0 Å². The van der Waals surface area contributed by atoms with Crippen molar-refractivity contribution in [2.75, 3.05) is 33.2 Å². The average Bonchev–Trinajstić information content (AvgIpc) is 2.75. The van der Waals surface area contributed by atoms with Crippen LogP contribution in [0.15, 0.2) is 0 Å². The van der Waals surface area contributed by atoms with E-state index in [-0.39, 0.29) is 30.4 Å². The van der Waals surface area contributed by atoms with Crippen molar-refractivity contribution in [1.29, 1.82) is 0 Å². The summed E-state index contributed by atoms with van der Waals surface area (Å²) in [6.45, 7) is 4.53. The van der Waals surface area contributed by atoms with E-state index < -0.39 is 0 Å². The summed E-state index contributed by atoms with van der Waals surface area (Å²) >= 11 is 0. The molecule has 3 N–H and O–H groups in total.